The van der Waals surface area contributed by atoms with Crippen molar-refractivity contribution in [3.05, 3.63) is 28.8 Å². The Morgan fingerprint density at radius 3 is 1.46 bits per heavy atom. The highest BCUT2D eigenvalue weighted by atomic mass is 31.2. The van der Waals surface area contributed by atoms with Gasteiger partial charge >= 0.3 is 26.9 Å². The number of carbonyl (C=O) groups is 1. The van der Waals surface area contributed by atoms with Gasteiger partial charge in [0.05, 0.1) is 6.61 Å². The van der Waals surface area contributed by atoms with Gasteiger partial charge in [-0.3, -0.25) is 4.79 Å². The number of esters is 1. The van der Waals surface area contributed by atoms with E-state index in [9.17, 15) is 31.6 Å². The number of benzene rings is 1. The second kappa shape index (κ2) is 21.6. The van der Waals surface area contributed by atoms with Gasteiger partial charge in [0.2, 0.25) is 0 Å². The minimum Gasteiger partial charge on any atom is -0.466 e. The summed E-state index contributed by atoms with van der Waals surface area (Å²) >= 11 is 0. The molecule has 1 rings (SSSR count). The van der Waals surface area contributed by atoms with Crippen LogP contribution in [0.4, 0.5) is 22.0 Å². The van der Waals surface area contributed by atoms with E-state index in [1.165, 1.54) is 83.5 Å². The van der Waals surface area contributed by atoms with Crippen molar-refractivity contribution >= 4 is 14.6 Å². The van der Waals surface area contributed by atoms with E-state index in [-0.39, 0.29) is 18.1 Å². The Kier molecular flexibility index (Phi) is 20.1. The van der Waals surface area contributed by atoms with Crippen LogP contribution in [-0.4, -0.2) is 29.8 Å². The van der Waals surface area contributed by atoms with Gasteiger partial charge in [-0.25, -0.2) is 4.52 Å². The summed E-state index contributed by atoms with van der Waals surface area (Å²) in [7, 11) is -3.63. The second-order valence-corrected chi connectivity index (χ2v) is 15.8. The number of aryl methyl sites for hydroxylation is 1. The number of alkyl halides is 5. The molecule has 0 aliphatic heterocycles. The van der Waals surface area contributed by atoms with Crippen LogP contribution in [0.25, 0.3) is 0 Å². The van der Waals surface area contributed by atoms with Gasteiger partial charge in [0.15, 0.2) is 0 Å². The lowest BCUT2D eigenvalue weighted by Crippen LogP contribution is -2.38. The molecular weight excluding hydrogens is 650 g/mol. The first-order valence-corrected chi connectivity index (χ1v) is 19.1. The Labute approximate surface area is 288 Å². The standard InChI is InChI=1S/C37H62F5O5P/c1-8-9-10-11-12-13-14-15-16-17-18-19-20-21-22-23-26-45-32(43)25-24-29-27-30(34(2,3)4)33(31(28-29)35(5,6)7)46-48(44)47-37(41,42)36(38,39)40/h27-28,44H,8-26H2,1-7H3. The minimum atomic E-state index is -6.01. The van der Waals surface area contributed by atoms with E-state index in [1.807, 2.05) is 41.5 Å². The normalized spacial score (nSPS) is 13.5. The molecule has 0 saturated carbocycles. The SMILES string of the molecule is CCCCCCCCCCCCCCCCCCOC(=O)CCc1cc(C(C)(C)C)c(OP(O)OC(F)(F)C(F)(F)F)c(C(C)(C)C)c1. The Morgan fingerprint density at radius 2 is 1.08 bits per heavy atom. The summed E-state index contributed by atoms with van der Waals surface area (Å²) in [5.74, 6) is -0.344. The van der Waals surface area contributed by atoms with Crippen molar-refractivity contribution in [1.82, 2.24) is 0 Å². The van der Waals surface area contributed by atoms with Gasteiger partial charge in [-0.2, -0.15) is 22.0 Å². The Bertz CT molecular complexity index is 1020. The third-order valence-electron chi connectivity index (χ3n) is 8.34. The molecule has 5 nitrogen and oxygen atoms in total. The molecule has 0 saturated heterocycles. The lowest BCUT2D eigenvalue weighted by atomic mass is 9.78. The van der Waals surface area contributed by atoms with Crippen LogP contribution in [0.1, 0.15) is 174 Å². The molecule has 1 aromatic rings. The molecule has 0 spiro atoms. The zero-order chi connectivity index (χ0) is 36.4. The summed E-state index contributed by atoms with van der Waals surface area (Å²) < 4.78 is 79.3. The minimum absolute atomic E-state index is 0.0172. The zero-order valence-electron chi connectivity index (χ0n) is 30.5. The van der Waals surface area contributed by atoms with Gasteiger partial charge < -0.3 is 14.2 Å². The maximum Gasteiger partial charge on any atom is 0.483 e. The molecule has 1 unspecified atom stereocenters. The fourth-order valence-electron chi connectivity index (χ4n) is 5.45. The van der Waals surface area contributed by atoms with Crippen molar-refractivity contribution < 1.29 is 45.4 Å². The van der Waals surface area contributed by atoms with Gasteiger partial charge in [-0.1, -0.05) is 157 Å². The van der Waals surface area contributed by atoms with Crippen LogP contribution >= 0.6 is 8.60 Å². The van der Waals surface area contributed by atoms with Gasteiger partial charge in [-0.15, -0.1) is 0 Å². The van der Waals surface area contributed by atoms with Gasteiger partial charge in [-0.05, 0) is 29.2 Å². The molecule has 0 aliphatic carbocycles. The number of hydrogen-bond acceptors (Lipinski definition) is 5. The molecule has 48 heavy (non-hydrogen) atoms. The summed E-state index contributed by atoms with van der Waals surface area (Å²) in [4.78, 5) is 22.6. The molecular formula is C37H62F5O5P. The Morgan fingerprint density at radius 1 is 0.688 bits per heavy atom. The first-order chi connectivity index (χ1) is 22.3. The number of hydrogen-bond donors (Lipinski definition) is 1. The van der Waals surface area contributed by atoms with E-state index in [2.05, 4.69) is 11.4 Å². The van der Waals surface area contributed by atoms with E-state index in [4.69, 9.17) is 9.26 Å². The molecule has 0 aliphatic rings. The zero-order valence-corrected chi connectivity index (χ0v) is 31.4. The number of unbranched alkanes of at least 4 members (excludes halogenated alkanes) is 15. The van der Waals surface area contributed by atoms with Crippen LogP contribution in [0.15, 0.2) is 12.1 Å². The molecule has 11 heteroatoms. The first kappa shape index (κ1) is 44.5. The number of carbonyl (C=O) groups excluding carboxylic acids is 1. The Balaban J connectivity index is 2.52. The van der Waals surface area contributed by atoms with Crippen molar-refractivity contribution in [2.45, 2.75) is 187 Å². The number of halogens is 5. The highest BCUT2D eigenvalue weighted by Gasteiger charge is 2.61. The van der Waals surface area contributed by atoms with Crippen molar-refractivity contribution in [2.24, 2.45) is 0 Å². The molecule has 0 bridgehead atoms. The van der Waals surface area contributed by atoms with E-state index in [0.29, 0.717) is 24.2 Å². The predicted molar refractivity (Wildman–Crippen MR) is 185 cm³/mol. The molecule has 280 valence electrons. The summed E-state index contributed by atoms with van der Waals surface area (Å²) in [6.07, 6.45) is 9.15. The summed E-state index contributed by atoms with van der Waals surface area (Å²) in [6.45, 7) is 13.6. The monoisotopic (exact) mass is 712 g/mol. The molecule has 0 heterocycles. The van der Waals surface area contributed by atoms with E-state index in [1.54, 1.807) is 12.1 Å². The summed E-state index contributed by atoms with van der Waals surface area (Å²) in [5, 5.41) is 0. The number of rotatable bonds is 24. The fraction of sp³-hybridized carbons (Fsp3) is 0.811. The van der Waals surface area contributed by atoms with Crippen LogP contribution in [0.3, 0.4) is 0 Å². The summed E-state index contributed by atoms with van der Waals surface area (Å²) in [5.41, 5.74) is 0.406. The van der Waals surface area contributed by atoms with Gasteiger partial charge in [0.1, 0.15) is 5.75 Å². The smallest absolute Gasteiger partial charge is 0.466 e. The maximum atomic E-state index is 13.5. The Hall–Kier alpha value is -1.51. The average molecular weight is 713 g/mol. The van der Waals surface area contributed by atoms with Crippen molar-refractivity contribution in [2.75, 3.05) is 6.61 Å². The molecule has 0 radical (unpaired) electrons. The van der Waals surface area contributed by atoms with Crippen LogP contribution in [0.5, 0.6) is 5.75 Å². The van der Waals surface area contributed by atoms with Crippen LogP contribution in [0.2, 0.25) is 0 Å². The maximum absolute atomic E-state index is 13.5. The predicted octanol–water partition coefficient (Wildman–Crippen LogP) is 12.8. The topological polar surface area (TPSA) is 65.0 Å². The van der Waals surface area contributed by atoms with Crippen molar-refractivity contribution in [1.29, 1.82) is 0 Å². The van der Waals surface area contributed by atoms with Crippen LogP contribution < -0.4 is 4.52 Å². The molecule has 0 aromatic heterocycles. The van der Waals surface area contributed by atoms with E-state index < -0.39 is 31.7 Å². The molecule has 0 amide bonds. The molecule has 0 fully saturated rings. The highest BCUT2D eigenvalue weighted by Crippen LogP contribution is 2.51. The van der Waals surface area contributed by atoms with Crippen molar-refractivity contribution in [3.63, 3.8) is 0 Å². The average Bonchev–Trinajstić information content (AvgIpc) is 2.96. The van der Waals surface area contributed by atoms with E-state index >= 15 is 0 Å². The molecule has 1 N–H and O–H groups in total. The van der Waals surface area contributed by atoms with Gasteiger partial charge in [0.25, 0.3) is 0 Å². The lowest BCUT2D eigenvalue weighted by molar-refractivity contribution is -0.362. The van der Waals surface area contributed by atoms with Gasteiger partial charge in [0, 0.05) is 17.5 Å². The quantitative estimate of drug-likeness (QED) is 0.0500. The van der Waals surface area contributed by atoms with Crippen LogP contribution in [-0.2, 0) is 31.3 Å². The lowest BCUT2D eigenvalue weighted by Gasteiger charge is -2.31. The summed E-state index contributed by atoms with van der Waals surface area (Å²) in [6, 6.07) is 3.44. The molecule has 1 aromatic carbocycles. The van der Waals surface area contributed by atoms with E-state index in [0.717, 1.165) is 24.8 Å². The number of ether oxygens (including phenoxy) is 1. The van der Waals surface area contributed by atoms with Crippen molar-refractivity contribution in [3.8, 4) is 5.75 Å². The second-order valence-electron chi connectivity index (χ2n) is 15.0. The largest absolute Gasteiger partial charge is 0.483 e. The highest BCUT2D eigenvalue weighted by molar-refractivity contribution is 7.41. The van der Waals surface area contributed by atoms with Crippen LogP contribution in [0, 0.1) is 0 Å². The first-order valence-electron chi connectivity index (χ1n) is 17.9. The third kappa shape index (κ3) is 17.9. The molecule has 1 atom stereocenters. The fourth-order valence-corrected chi connectivity index (χ4v) is 6.14. The third-order valence-corrected chi connectivity index (χ3v) is 9.06.